The Hall–Kier alpha value is -1.12. The van der Waals surface area contributed by atoms with E-state index in [-0.39, 0.29) is 0 Å². The van der Waals surface area contributed by atoms with Crippen LogP contribution in [-0.2, 0) is 0 Å². The maximum absolute atomic E-state index is 4.00. The van der Waals surface area contributed by atoms with Crippen LogP contribution < -0.4 is 5.32 Å². The number of anilines is 1. The molecule has 3 heteroatoms. The molecule has 0 amide bonds. The van der Waals surface area contributed by atoms with Crippen molar-refractivity contribution in [1.29, 1.82) is 0 Å². The molecule has 0 spiro atoms. The van der Waals surface area contributed by atoms with Crippen molar-refractivity contribution >= 4 is 5.82 Å². The van der Waals surface area contributed by atoms with Crippen molar-refractivity contribution in [3.63, 3.8) is 0 Å². The fraction of sp³-hybridized carbons (Fsp3) is 0.500. The topological polar surface area (TPSA) is 37.8 Å². The standard InChI is InChI=1S/C8H11N3/c1-6-2-5-8(11-10-6)9-7-3-4-7/h2,5,7H,3-4H2,1H3,(H,9,11). The number of aromatic nitrogens is 2. The van der Waals surface area contributed by atoms with Gasteiger partial charge in [0.25, 0.3) is 0 Å². The molecule has 58 valence electrons. The van der Waals surface area contributed by atoms with E-state index in [2.05, 4.69) is 15.5 Å². The molecule has 1 saturated carbocycles. The Morgan fingerprint density at radius 2 is 2.18 bits per heavy atom. The Labute approximate surface area is 65.8 Å². The Bertz CT molecular complexity index is 238. The summed E-state index contributed by atoms with van der Waals surface area (Å²) in [6, 6.07) is 4.60. The van der Waals surface area contributed by atoms with Gasteiger partial charge in [-0.1, -0.05) is 0 Å². The molecule has 1 N–H and O–H groups in total. The van der Waals surface area contributed by atoms with Gasteiger partial charge in [-0.25, -0.2) is 0 Å². The highest BCUT2D eigenvalue weighted by Crippen LogP contribution is 2.22. The van der Waals surface area contributed by atoms with Crippen LogP contribution in [0.25, 0.3) is 0 Å². The van der Waals surface area contributed by atoms with Gasteiger partial charge in [0.1, 0.15) is 5.82 Å². The molecule has 2 rings (SSSR count). The monoisotopic (exact) mass is 149 g/mol. The Kier molecular flexibility index (Phi) is 1.49. The fourth-order valence-electron chi connectivity index (χ4n) is 0.913. The molecule has 1 fully saturated rings. The first kappa shape index (κ1) is 6.58. The van der Waals surface area contributed by atoms with Crippen LogP contribution in [0.3, 0.4) is 0 Å². The highest BCUT2D eigenvalue weighted by molar-refractivity contribution is 5.35. The summed E-state index contributed by atoms with van der Waals surface area (Å²) >= 11 is 0. The van der Waals surface area contributed by atoms with Crippen LogP contribution in [0.1, 0.15) is 18.5 Å². The number of hydrogen-bond acceptors (Lipinski definition) is 3. The van der Waals surface area contributed by atoms with E-state index in [1.165, 1.54) is 12.8 Å². The van der Waals surface area contributed by atoms with E-state index < -0.39 is 0 Å². The van der Waals surface area contributed by atoms with Crippen molar-refractivity contribution in [3.05, 3.63) is 17.8 Å². The first-order valence-corrected chi connectivity index (χ1v) is 3.91. The number of rotatable bonds is 2. The molecule has 1 aromatic heterocycles. The number of hydrogen-bond donors (Lipinski definition) is 1. The van der Waals surface area contributed by atoms with Gasteiger partial charge in [-0.2, -0.15) is 5.10 Å². The molecule has 0 atom stereocenters. The number of nitrogens with zero attached hydrogens (tertiary/aromatic N) is 2. The zero-order valence-corrected chi connectivity index (χ0v) is 6.54. The lowest BCUT2D eigenvalue weighted by atomic mass is 10.4. The van der Waals surface area contributed by atoms with Crippen LogP contribution in [0.5, 0.6) is 0 Å². The van der Waals surface area contributed by atoms with Gasteiger partial charge in [0.05, 0.1) is 5.69 Å². The predicted molar refractivity (Wildman–Crippen MR) is 43.4 cm³/mol. The number of aryl methyl sites for hydroxylation is 1. The van der Waals surface area contributed by atoms with E-state index in [0.29, 0.717) is 6.04 Å². The van der Waals surface area contributed by atoms with E-state index in [1.807, 2.05) is 19.1 Å². The van der Waals surface area contributed by atoms with Crippen molar-refractivity contribution in [1.82, 2.24) is 10.2 Å². The molecule has 0 bridgehead atoms. The molecule has 0 aliphatic heterocycles. The normalized spacial score (nSPS) is 16.5. The maximum atomic E-state index is 4.00. The number of nitrogens with one attached hydrogen (secondary N) is 1. The van der Waals surface area contributed by atoms with Gasteiger partial charge in [-0.3, -0.25) is 0 Å². The zero-order chi connectivity index (χ0) is 7.68. The van der Waals surface area contributed by atoms with Gasteiger partial charge in [0.2, 0.25) is 0 Å². The highest BCUT2D eigenvalue weighted by atomic mass is 15.2. The average molecular weight is 149 g/mol. The molecule has 1 aromatic rings. The summed E-state index contributed by atoms with van der Waals surface area (Å²) in [6.07, 6.45) is 2.55. The van der Waals surface area contributed by atoms with E-state index in [1.54, 1.807) is 0 Å². The predicted octanol–water partition coefficient (Wildman–Crippen LogP) is 1.36. The van der Waals surface area contributed by atoms with E-state index in [0.717, 1.165) is 11.5 Å². The third-order valence-electron chi connectivity index (χ3n) is 1.73. The summed E-state index contributed by atoms with van der Waals surface area (Å²) in [5, 5.41) is 11.2. The minimum Gasteiger partial charge on any atom is -0.366 e. The molecule has 11 heavy (non-hydrogen) atoms. The van der Waals surface area contributed by atoms with Gasteiger partial charge in [0, 0.05) is 6.04 Å². The van der Waals surface area contributed by atoms with E-state index in [4.69, 9.17) is 0 Å². The van der Waals surface area contributed by atoms with Gasteiger partial charge < -0.3 is 5.32 Å². The minimum absolute atomic E-state index is 0.659. The van der Waals surface area contributed by atoms with Crippen molar-refractivity contribution in [2.24, 2.45) is 0 Å². The lowest BCUT2D eigenvalue weighted by molar-refractivity contribution is 0.962. The third kappa shape index (κ3) is 1.67. The van der Waals surface area contributed by atoms with Gasteiger partial charge in [-0.05, 0) is 31.9 Å². The minimum atomic E-state index is 0.659. The van der Waals surface area contributed by atoms with Gasteiger partial charge in [0.15, 0.2) is 0 Å². The second-order valence-electron chi connectivity index (χ2n) is 2.98. The first-order chi connectivity index (χ1) is 5.34. The van der Waals surface area contributed by atoms with Crippen LogP contribution >= 0.6 is 0 Å². The van der Waals surface area contributed by atoms with E-state index >= 15 is 0 Å². The highest BCUT2D eigenvalue weighted by Gasteiger charge is 2.20. The van der Waals surface area contributed by atoms with Gasteiger partial charge in [-0.15, -0.1) is 5.10 Å². The van der Waals surface area contributed by atoms with Crippen molar-refractivity contribution < 1.29 is 0 Å². The molecule has 0 saturated heterocycles. The second-order valence-corrected chi connectivity index (χ2v) is 2.98. The summed E-state index contributed by atoms with van der Waals surface area (Å²) in [4.78, 5) is 0. The molecule has 1 aliphatic carbocycles. The Balaban J connectivity index is 2.06. The Morgan fingerprint density at radius 1 is 1.36 bits per heavy atom. The van der Waals surface area contributed by atoms with Crippen molar-refractivity contribution in [2.75, 3.05) is 5.32 Å². The second kappa shape index (κ2) is 2.49. The van der Waals surface area contributed by atoms with Crippen LogP contribution in [0.2, 0.25) is 0 Å². The maximum Gasteiger partial charge on any atom is 0.148 e. The van der Waals surface area contributed by atoms with E-state index in [9.17, 15) is 0 Å². The van der Waals surface area contributed by atoms with Gasteiger partial charge >= 0.3 is 0 Å². The lowest BCUT2D eigenvalue weighted by Crippen LogP contribution is -2.03. The first-order valence-electron chi connectivity index (χ1n) is 3.91. The summed E-state index contributed by atoms with van der Waals surface area (Å²) in [6.45, 7) is 1.94. The Morgan fingerprint density at radius 3 is 2.73 bits per heavy atom. The summed E-state index contributed by atoms with van der Waals surface area (Å²) < 4.78 is 0. The zero-order valence-electron chi connectivity index (χ0n) is 6.54. The molecular formula is C8H11N3. The van der Waals surface area contributed by atoms with Crippen LogP contribution in [0.15, 0.2) is 12.1 Å². The third-order valence-corrected chi connectivity index (χ3v) is 1.73. The van der Waals surface area contributed by atoms with Crippen LogP contribution in [-0.4, -0.2) is 16.2 Å². The fourth-order valence-corrected chi connectivity index (χ4v) is 0.913. The molecular weight excluding hydrogens is 138 g/mol. The molecule has 0 radical (unpaired) electrons. The summed E-state index contributed by atoms with van der Waals surface area (Å²) in [7, 11) is 0. The molecule has 0 aromatic carbocycles. The molecule has 3 nitrogen and oxygen atoms in total. The smallest absolute Gasteiger partial charge is 0.148 e. The lowest BCUT2D eigenvalue weighted by Gasteiger charge is -2.00. The molecule has 1 aliphatic rings. The van der Waals surface area contributed by atoms with Crippen molar-refractivity contribution in [2.45, 2.75) is 25.8 Å². The summed E-state index contributed by atoms with van der Waals surface area (Å²) in [5.41, 5.74) is 0.964. The van der Waals surface area contributed by atoms with Crippen LogP contribution in [0.4, 0.5) is 5.82 Å². The summed E-state index contributed by atoms with van der Waals surface area (Å²) in [5.74, 6) is 0.901. The SMILES string of the molecule is Cc1ccc(NC2CC2)nn1. The molecule has 1 heterocycles. The van der Waals surface area contributed by atoms with Crippen molar-refractivity contribution in [3.8, 4) is 0 Å². The van der Waals surface area contributed by atoms with Crippen LogP contribution in [0, 0.1) is 6.92 Å². The largest absolute Gasteiger partial charge is 0.366 e. The molecule has 0 unspecified atom stereocenters. The average Bonchev–Trinajstić information content (AvgIpc) is 2.78. The quantitative estimate of drug-likeness (QED) is 0.690.